The third kappa shape index (κ3) is 4.42. The van der Waals surface area contributed by atoms with Crippen LogP contribution < -0.4 is 5.32 Å². The zero-order chi connectivity index (χ0) is 17.6. The van der Waals surface area contributed by atoms with E-state index in [4.69, 9.17) is 4.74 Å². The first kappa shape index (κ1) is 17.1. The highest BCUT2D eigenvalue weighted by molar-refractivity contribution is 5.83. The van der Waals surface area contributed by atoms with E-state index in [1.165, 1.54) is 4.68 Å². The average Bonchev–Trinajstić information content (AvgIpc) is 3.09. The topological polar surface area (TPSA) is 106 Å². The summed E-state index contributed by atoms with van der Waals surface area (Å²) in [6, 6.07) is 8.54. The van der Waals surface area contributed by atoms with Crippen molar-refractivity contribution in [2.45, 2.75) is 25.4 Å². The van der Waals surface area contributed by atoms with E-state index >= 15 is 0 Å². The number of carbonyl (C=O) groups excluding carboxylic acids is 1. The number of hydrogen-bond donors (Lipinski definition) is 2. The average molecular weight is 344 g/mol. The van der Waals surface area contributed by atoms with Gasteiger partial charge in [0, 0.05) is 18.1 Å². The van der Waals surface area contributed by atoms with Crippen LogP contribution in [0.2, 0.25) is 0 Å². The number of nitrogens with one attached hydrogen (secondary N) is 1. The molecule has 8 nitrogen and oxygen atoms in total. The molecule has 2 heterocycles. The van der Waals surface area contributed by atoms with Gasteiger partial charge in [0.05, 0.1) is 12.8 Å². The largest absolute Gasteiger partial charge is 0.480 e. The quantitative estimate of drug-likeness (QED) is 0.808. The number of hydrogen-bond acceptors (Lipinski definition) is 5. The van der Waals surface area contributed by atoms with Crippen molar-refractivity contribution in [3.8, 4) is 11.3 Å². The Hall–Kier alpha value is -2.74. The first-order valence-corrected chi connectivity index (χ1v) is 8.19. The van der Waals surface area contributed by atoms with Crippen LogP contribution in [0.1, 0.15) is 12.8 Å². The van der Waals surface area contributed by atoms with Crippen molar-refractivity contribution >= 4 is 11.9 Å². The van der Waals surface area contributed by atoms with Crippen molar-refractivity contribution < 1.29 is 19.4 Å². The number of aromatic nitrogens is 3. The number of ether oxygens (including phenoxy) is 1. The zero-order valence-corrected chi connectivity index (χ0v) is 13.7. The molecule has 1 fully saturated rings. The first-order chi connectivity index (χ1) is 12.1. The van der Waals surface area contributed by atoms with Crippen LogP contribution in [0.25, 0.3) is 11.3 Å². The predicted molar refractivity (Wildman–Crippen MR) is 88.6 cm³/mol. The van der Waals surface area contributed by atoms with Gasteiger partial charge >= 0.3 is 5.97 Å². The molecule has 2 atom stereocenters. The molecule has 0 bridgehead atoms. The van der Waals surface area contributed by atoms with Gasteiger partial charge in [-0.05, 0) is 12.8 Å². The molecule has 1 aromatic carbocycles. The van der Waals surface area contributed by atoms with Crippen LogP contribution in [0.3, 0.4) is 0 Å². The second-order valence-electron chi connectivity index (χ2n) is 6.03. The molecule has 2 aromatic rings. The molecule has 8 heteroatoms. The van der Waals surface area contributed by atoms with E-state index in [1.54, 1.807) is 6.20 Å². The highest BCUT2D eigenvalue weighted by atomic mass is 16.5. The molecule has 132 valence electrons. The predicted octanol–water partition coefficient (Wildman–Crippen LogP) is 0.941. The van der Waals surface area contributed by atoms with Crippen LogP contribution in [0.15, 0.2) is 36.5 Å². The van der Waals surface area contributed by atoms with Crippen molar-refractivity contribution in [2.24, 2.45) is 5.92 Å². The van der Waals surface area contributed by atoms with Crippen molar-refractivity contribution in [3.63, 3.8) is 0 Å². The molecule has 1 aliphatic heterocycles. The number of carbonyl (C=O) groups is 2. The lowest BCUT2D eigenvalue weighted by Crippen LogP contribution is -2.49. The van der Waals surface area contributed by atoms with Crippen LogP contribution in [-0.2, 0) is 20.9 Å². The highest BCUT2D eigenvalue weighted by Crippen LogP contribution is 2.18. The van der Waals surface area contributed by atoms with Crippen LogP contribution in [0, 0.1) is 5.92 Å². The van der Waals surface area contributed by atoms with E-state index in [9.17, 15) is 14.7 Å². The fourth-order valence-electron chi connectivity index (χ4n) is 2.89. The van der Waals surface area contributed by atoms with Crippen LogP contribution in [0.4, 0.5) is 0 Å². The van der Waals surface area contributed by atoms with E-state index in [2.05, 4.69) is 15.6 Å². The number of carboxylic acid groups (broad SMARTS) is 1. The SMILES string of the molecule is O=C(Cn1cc(-c2ccccc2)nn1)NC(C(=O)O)C1CCCOC1. The van der Waals surface area contributed by atoms with E-state index in [0.29, 0.717) is 18.9 Å². The monoisotopic (exact) mass is 344 g/mol. The Morgan fingerprint density at radius 2 is 2.16 bits per heavy atom. The Morgan fingerprint density at radius 3 is 2.84 bits per heavy atom. The van der Waals surface area contributed by atoms with Crippen molar-refractivity contribution in [1.82, 2.24) is 20.3 Å². The summed E-state index contributed by atoms with van der Waals surface area (Å²) in [5.74, 6) is -1.68. The standard InChI is InChI=1S/C17H20N4O4/c22-15(18-16(17(23)24)13-7-4-8-25-11-13)10-21-9-14(19-20-21)12-5-2-1-3-6-12/h1-3,5-6,9,13,16H,4,7-8,10-11H2,(H,18,22)(H,23,24). The highest BCUT2D eigenvalue weighted by Gasteiger charge is 2.31. The summed E-state index contributed by atoms with van der Waals surface area (Å²) in [5, 5.41) is 19.9. The van der Waals surface area contributed by atoms with E-state index in [1.807, 2.05) is 30.3 Å². The molecule has 3 rings (SSSR count). The third-order valence-corrected chi connectivity index (χ3v) is 4.16. The fraction of sp³-hybridized carbons (Fsp3) is 0.412. The zero-order valence-electron chi connectivity index (χ0n) is 13.7. The summed E-state index contributed by atoms with van der Waals surface area (Å²) in [6.45, 7) is 0.897. The lowest BCUT2D eigenvalue weighted by Gasteiger charge is -2.28. The summed E-state index contributed by atoms with van der Waals surface area (Å²) in [5.41, 5.74) is 1.56. The van der Waals surface area contributed by atoms with Crippen LogP contribution >= 0.6 is 0 Å². The second kappa shape index (κ2) is 7.89. The summed E-state index contributed by atoms with van der Waals surface area (Å²) < 4.78 is 6.72. The number of carboxylic acids is 1. The van der Waals surface area contributed by atoms with Gasteiger partial charge in [-0.1, -0.05) is 35.5 Å². The fourth-order valence-corrected chi connectivity index (χ4v) is 2.89. The van der Waals surface area contributed by atoms with Gasteiger partial charge in [-0.3, -0.25) is 4.79 Å². The normalized spacial score (nSPS) is 18.5. The lowest BCUT2D eigenvalue weighted by atomic mass is 9.93. The maximum Gasteiger partial charge on any atom is 0.326 e. The summed E-state index contributed by atoms with van der Waals surface area (Å²) in [6.07, 6.45) is 3.18. The minimum Gasteiger partial charge on any atom is -0.480 e. The van der Waals surface area contributed by atoms with Gasteiger partial charge in [-0.25, -0.2) is 9.48 Å². The maximum atomic E-state index is 12.2. The van der Waals surface area contributed by atoms with Crippen molar-refractivity contribution in [1.29, 1.82) is 0 Å². The van der Waals surface area contributed by atoms with Gasteiger partial charge in [0.25, 0.3) is 0 Å². The van der Waals surface area contributed by atoms with Gasteiger partial charge in [-0.15, -0.1) is 5.10 Å². The molecule has 25 heavy (non-hydrogen) atoms. The molecule has 0 radical (unpaired) electrons. The number of amides is 1. The third-order valence-electron chi connectivity index (χ3n) is 4.16. The van der Waals surface area contributed by atoms with E-state index < -0.39 is 17.9 Å². The Labute approximate surface area is 144 Å². The molecular weight excluding hydrogens is 324 g/mol. The molecular formula is C17H20N4O4. The Kier molecular flexibility index (Phi) is 5.39. The number of rotatable bonds is 6. The van der Waals surface area contributed by atoms with Crippen LogP contribution in [-0.4, -0.2) is 51.2 Å². The minimum absolute atomic E-state index is 0.0861. The number of benzene rings is 1. The Bertz CT molecular complexity index is 725. The molecule has 1 aromatic heterocycles. The van der Waals surface area contributed by atoms with E-state index in [-0.39, 0.29) is 12.5 Å². The minimum atomic E-state index is -1.05. The summed E-state index contributed by atoms with van der Waals surface area (Å²) in [7, 11) is 0. The van der Waals surface area contributed by atoms with Gasteiger partial charge in [0.15, 0.2) is 0 Å². The Morgan fingerprint density at radius 1 is 1.36 bits per heavy atom. The summed E-state index contributed by atoms with van der Waals surface area (Å²) in [4.78, 5) is 23.7. The number of nitrogens with zero attached hydrogens (tertiary/aromatic N) is 3. The molecule has 2 unspecified atom stereocenters. The second-order valence-corrected chi connectivity index (χ2v) is 6.03. The molecule has 1 aliphatic rings. The molecule has 1 amide bonds. The van der Waals surface area contributed by atoms with Gasteiger partial charge < -0.3 is 15.2 Å². The molecule has 0 aliphatic carbocycles. The Balaban J connectivity index is 1.61. The molecule has 2 N–H and O–H groups in total. The van der Waals surface area contributed by atoms with Gasteiger partial charge in [0.1, 0.15) is 18.3 Å². The molecule has 0 spiro atoms. The molecule has 0 saturated carbocycles. The maximum absolute atomic E-state index is 12.2. The van der Waals surface area contributed by atoms with Crippen molar-refractivity contribution in [2.75, 3.05) is 13.2 Å². The number of aliphatic carboxylic acids is 1. The smallest absolute Gasteiger partial charge is 0.326 e. The van der Waals surface area contributed by atoms with Gasteiger partial charge in [0.2, 0.25) is 5.91 Å². The van der Waals surface area contributed by atoms with Crippen molar-refractivity contribution in [3.05, 3.63) is 36.5 Å². The molecule has 1 saturated heterocycles. The van der Waals surface area contributed by atoms with Crippen LogP contribution in [0.5, 0.6) is 0 Å². The lowest BCUT2D eigenvalue weighted by molar-refractivity contribution is -0.145. The first-order valence-electron chi connectivity index (χ1n) is 8.19. The van der Waals surface area contributed by atoms with Gasteiger partial charge in [-0.2, -0.15) is 0 Å². The van der Waals surface area contributed by atoms with E-state index in [0.717, 1.165) is 18.4 Å². The summed E-state index contributed by atoms with van der Waals surface area (Å²) >= 11 is 0.